The largest absolute Gasteiger partial charge is 0.452 e. The maximum atomic E-state index is 13.8. The van der Waals surface area contributed by atoms with E-state index in [1.807, 2.05) is 30.3 Å². The van der Waals surface area contributed by atoms with Crippen LogP contribution in [0.4, 0.5) is 0 Å². The first-order chi connectivity index (χ1) is 26.1. The van der Waals surface area contributed by atoms with E-state index in [4.69, 9.17) is 42.6 Å². The molecule has 9 atom stereocenters. The van der Waals surface area contributed by atoms with E-state index in [0.29, 0.717) is 0 Å². The first-order valence-corrected chi connectivity index (χ1v) is 17.9. The summed E-state index contributed by atoms with van der Waals surface area (Å²) in [7, 11) is 0. The molecule has 0 amide bonds. The average molecular weight is 739 g/mol. The second-order valence-corrected chi connectivity index (χ2v) is 13.7. The van der Waals surface area contributed by atoms with E-state index in [1.54, 1.807) is 112 Å². The Hall–Kier alpha value is -4.95. The fourth-order valence-corrected chi connectivity index (χ4v) is 6.70. The van der Waals surface area contributed by atoms with Gasteiger partial charge in [0, 0.05) is 0 Å². The molecular weight excluding hydrogens is 696 g/mol. The minimum Gasteiger partial charge on any atom is -0.452 e. The van der Waals surface area contributed by atoms with Gasteiger partial charge in [-0.15, -0.1) is 0 Å². The van der Waals surface area contributed by atoms with Crippen LogP contribution in [-0.2, 0) is 49.2 Å². The zero-order chi connectivity index (χ0) is 37.7. The van der Waals surface area contributed by atoms with Gasteiger partial charge in [-0.05, 0) is 62.7 Å². The van der Waals surface area contributed by atoms with Crippen LogP contribution in [0.1, 0.15) is 57.4 Å². The Bertz CT molecular complexity index is 1860. The van der Waals surface area contributed by atoms with Crippen LogP contribution in [0.2, 0.25) is 0 Å². The molecule has 12 heteroatoms. The van der Waals surface area contributed by atoms with Crippen molar-refractivity contribution < 1.29 is 57.0 Å². The lowest BCUT2D eigenvalue weighted by molar-refractivity contribution is -0.346. The second-order valence-electron chi connectivity index (χ2n) is 13.7. The van der Waals surface area contributed by atoms with Crippen molar-refractivity contribution in [3.63, 3.8) is 0 Å². The van der Waals surface area contributed by atoms with E-state index >= 15 is 0 Å². The highest BCUT2D eigenvalue weighted by Gasteiger charge is 2.57. The van der Waals surface area contributed by atoms with Crippen molar-refractivity contribution >= 4 is 17.9 Å². The SMILES string of the molecule is C[C@@H]1O[C@@H](O[C@H]2[C@H](OCc3ccccc3)OC[C@@H]3OC(C)(C)O[C@H]23)[C@H](OC(=O)c2ccccc2)[C@H](OC(=O)c2ccccc2)[C@H]1OC(=O)c1ccccc1. The number of esters is 3. The van der Waals surface area contributed by atoms with E-state index in [1.165, 1.54) is 0 Å². The predicted molar refractivity (Wildman–Crippen MR) is 191 cm³/mol. The van der Waals surface area contributed by atoms with Gasteiger partial charge in [0.05, 0.1) is 36.0 Å². The molecule has 0 aliphatic carbocycles. The molecule has 3 heterocycles. The van der Waals surface area contributed by atoms with E-state index in [0.717, 1.165) is 5.56 Å². The molecule has 0 radical (unpaired) electrons. The first-order valence-electron chi connectivity index (χ1n) is 17.9. The van der Waals surface area contributed by atoms with Gasteiger partial charge in [-0.2, -0.15) is 0 Å². The number of ether oxygens (including phenoxy) is 9. The quantitative estimate of drug-likeness (QED) is 0.134. The minimum absolute atomic E-state index is 0.163. The highest BCUT2D eigenvalue weighted by molar-refractivity contribution is 5.91. The van der Waals surface area contributed by atoms with Crippen LogP contribution in [0.5, 0.6) is 0 Å². The summed E-state index contributed by atoms with van der Waals surface area (Å²) in [6.45, 7) is 5.58. The number of carbonyl (C=O) groups excluding carboxylic acids is 3. The number of benzene rings is 4. The molecular formula is C42H42O12. The normalized spacial score (nSPS) is 28.7. The van der Waals surface area contributed by atoms with Gasteiger partial charge in [0.2, 0.25) is 0 Å². The maximum Gasteiger partial charge on any atom is 0.338 e. The highest BCUT2D eigenvalue weighted by atomic mass is 16.8. The Kier molecular flexibility index (Phi) is 11.5. The van der Waals surface area contributed by atoms with Crippen LogP contribution in [-0.4, -0.2) is 85.6 Å². The third kappa shape index (κ3) is 8.71. The Morgan fingerprint density at radius 1 is 0.611 bits per heavy atom. The first kappa shape index (κ1) is 37.4. The molecule has 4 aromatic rings. The highest BCUT2D eigenvalue weighted by Crippen LogP contribution is 2.39. The number of fused-ring (bicyclic) bond motifs is 1. The van der Waals surface area contributed by atoms with Gasteiger partial charge in [0.25, 0.3) is 0 Å². The lowest BCUT2D eigenvalue weighted by Gasteiger charge is -2.46. The molecule has 282 valence electrons. The van der Waals surface area contributed by atoms with Crippen molar-refractivity contribution in [3.8, 4) is 0 Å². The molecule has 3 saturated heterocycles. The molecule has 3 aliphatic rings. The van der Waals surface area contributed by atoms with Crippen molar-refractivity contribution in [3.05, 3.63) is 144 Å². The van der Waals surface area contributed by atoms with Crippen molar-refractivity contribution in [2.75, 3.05) is 6.61 Å². The molecule has 54 heavy (non-hydrogen) atoms. The third-order valence-electron chi connectivity index (χ3n) is 9.27. The summed E-state index contributed by atoms with van der Waals surface area (Å²) >= 11 is 0. The monoisotopic (exact) mass is 738 g/mol. The predicted octanol–water partition coefficient (Wildman–Crippen LogP) is 5.89. The Labute approximate surface area is 313 Å². The number of rotatable bonds is 11. The minimum atomic E-state index is -1.47. The van der Waals surface area contributed by atoms with Crippen molar-refractivity contribution in [2.24, 2.45) is 0 Å². The summed E-state index contributed by atoms with van der Waals surface area (Å²) in [6.07, 6.45) is -9.67. The zero-order valence-corrected chi connectivity index (χ0v) is 30.1. The topological polar surface area (TPSA) is 134 Å². The second kappa shape index (κ2) is 16.6. The van der Waals surface area contributed by atoms with Gasteiger partial charge in [-0.3, -0.25) is 0 Å². The summed E-state index contributed by atoms with van der Waals surface area (Å²) in [5, 5.41) is 0. The van der Waals surface area contributed by atoms with Crippen LogP contribution >= 0.6 is 0 Å². The molecule has 0 spiro atoms. The summed E-state index contributed by atoms with van der Waals surface area (Å²) in [6, 6.07) is 34.6. The molecule has 12 nitrogen and oxygen atoms in total. The molecule has 0 N–H and O–H groups in total. The van der Waals surface area contributed by atoms with Gasteiger partial charge >= 0.3 is 17.9 Å². The lowest BCUT2D eigenvalue weighted by atomic mass is 9.97. The maximum absolute atomic E-state index is 13.8. The number of hydrogen-bond donors (Lipinski definition) is 0. The van der Waals surface area contributed by atoms with Crippen LogP contribution in [0.3, 0.4) is 0 Å². The van der Waals surface area contributed by atoms with Crippen LogP contribution in [0.15, 0.2) is 121 Å². The Morgan fingerprint density at radius 2 is 1.09 bits per heavy atom. The summed E-state index contributed by atoms with van der Waals surface area (Å²) in [4.78, 5) is 41.1. The molecule has 7 rings (SSSR count). The molecule has 0 aromatic heterocycles. The van der Waals surface area contributed by atoms with Crippen molar-refractivity contribution in [1.82, 2.24) is 0 Å². The van der Waals surface area contributed by atoms with Gasteiger partial charge in [-0.1, -0.05) is 84.9 Å². The Morgan fingerprint density at radius 3 is 1.63 bits per heavy atom. The van der Waals surface area contributed by atoms with Gasteiger partial charge in [0.1, 0.15) is 18.3 Å². The van der Waals surface area contributed by atoms with Gasteiger partial charge in [0.15, 0.2) is 36.7 Å². The number of hydrogen-bond acceptors (Lipinski definition) is 12. The van der Waals surface area contributed by atoms with Crippen molar-refractivity contribution in [2.45, 2.75) is 88.5 Å². The Balaban J connectivity index is 1.24. The van der Waals surface area contributed by atoms with Crippen LogP contribution in [0, 0.1) is 0 Å². The number of carbonyl (C=O) groups is 3. The smallest absolute Gasteiger partial charge is 0.338 e. The zero-order valence-electron chi connectivity index (χ0n) is 30.1. The molecule has 3 fully saturated rings. The van der Waals surface area contributed by atoms with E-state index in [-0.39, 0.29) is 29.9 Å². The average Bonchev–Trinajstić information content (AvgIpc) is 3.52. The van der Waals surface area contributed by atoms with Gasteiger partial charge < -0.3 is 42.6 Å². The fraction of sp³-hybridized carbons (Fsp3) is 0.357. The molecule has 0 saturated carbocycles. The van der Waals surface area contributed by atoms with Crippen LogP contribution in [0.25, 0.3) is 0 Å². The van der Waals surface area contributed by atoms with E-state index in [2.05, 4.69) is 0 Å². The molecule has 4 aromatic carbocycles. The molecule has 3 aliphatic heterocycles. The van der Waals surface area contributed by atoms with E-state index in [9.17, 15) is 14.4 Å². The standard InChI is InChI=1S/C42H42O12/c1-26-32(49-37(43)28-18-10-5-11-19-28)34(50-38(44)29-20-12-6-13-21-29)36(51-39(45)30-22-14-7-15-23-30)41(48-26)52-35-33-31(53-42(2,3)54-33)25-47-40(35)46-24-27-16-8-4-9-17-27/h4-23,26,31-36,40-41H,24-25H2,1-3H3/t26-,31-,32-,33-,34+,35+,36+,40+,41-/m0/s1. The fourth-order valence-electron chi connectivity index (χ4n) is 6.70. The van der Waals surface area contributed by atoms with Crippen molar-refractivity contribution in [1.29, 1.82) is 0 Å². The summed E-state index contributed by atoms with van der Waals surface area (Å²) < 4.78 is 56.4. The van der Waals surface area contributed by atoms with E-state index < -0.39 is 79.0 Å². The summed E-state index contributed by atoms with van der Waals surface area (Å²) in [5.74, 6) is -3.16. The van der Waals surface area contributed by atoms with Crippen LogP contribution < -0.4 is 0 Å². The van der Waals surface area contributed by atoms with Gasteiger partial charge in [-0.25, -0.2) is 14.4 Å². The molecule has 0 unspecified atom stereocenters. The third-order valence-corrected chi connectivity index (χ3v) is 9.27. The summed E-state index contributed by atoms with van der Waals surface area (Å²) in [5.41, 5.74) is 1.62. The lowest BCUT2D eigenvalue weighted by Crippen LogP contribution is -2.64. The molecule has 0 bridgehead atoms.